The van der Waals surface area contributed by atoms with Crippen molar-refractivity contribution in [3.63, 3.8) is 0 Å². The molecule has 1 aliphatic rings. The predicted octanol–water partition coefficient (Wildman–Crippen LogP) is 3.69. The van der Waals surface area contributed by atoms with Crippen LogP contribution in [0.3, 0.4) is 0 Å². The molecule has 0 fully saturated rings. The number of H-pyrrole nitrogens is 1. The number of rotatable bonds is 1. The second kappa shape index (κ2) is 6.92. The Morgan fingerprint density at radius 1 is 0.914 bits per heavy atom. The molecule has 2 heterocycles. The number of fused-ring (bicyclic) bond motifs is 6. The summed E-state index contributed by atoms with van der Waals surface area (Å²) in [7, 11) is 1.35. The Labute approximate surface area is 196 Å². The van der Waals surface area contributed by atoms with Gasteiger partial charge in [0.1, 0.15) is 22.5 Å². The summed E-state index contributed by atoms with van der Waals surface area (Å²) in [6.45, 7) is 1.74. The van der Waals surface area contributed by atoms with E-state index in [0.29, 0.717) is 29.5 Å². The molecule has 5 aromatic rings. The molecule has 3 aromatic carbocycles. The highest BCUT2D eigenvalue weighted by Gasteiger charge is 2.32. The molecule has 5 N–H and O–H groups in total. The minimum atomic E-state index is -0.685. The van der Waals surface area contributed by atoms with Gasteiger partial charge in [-0.25, -0.2) is 0 Å². The van der Waals surface area contributed by atoms with Crippen LogP contribution in [0.5, 0.6) is 28.7 Å². The van der Waals surface area contributed by atoms with Crippen LogP contribution in [-0.4, -0.2) is 32.5 Å². The Bertz CT molecular complexity index is 1880. The van der Waals surface area contributed by atoms with Crippen molar-refractivity contribution in [1.82, 2.24) is 4.98 Å². The van der Waals surface area contributed by atoms with Crippen molar-refractivity contribution in [2.24, 2.45) is 0 Å². The number of ether oxygens (including phenoxy) is 1. The van der Waals surface area contributed by atoms with Crippen molar-refractivity contribution in [2.45, 2.75) is 19.8 Å². The Morgan fingerprint density at radius 3 is 2.40 bits per heavy atom. The van der Waals surface area contributed by atoms with Gasteiger partial charge in [0.2, 0.25) is 5.43 Å². The van der Waals surface area contributed by atoms with Crippen molar-refractivity contribution >= 4 is 32.7 Å². The van der Waals surface area contributed by atoms with Gasteiger partial charge in [-0.3, -0.25) is 9.59 Å². The Balaban J connectivity index is 1.78. The summed E-state index contributed by atoms with van der Waals surface area (Å²) < 4.78 is 10.9. The van der Waals surface area contributed by atoms with Gasteiger partial charge in [-0.15, -0.1) is 0 Å². The number of phenolic OH excluding ortho intramolecular Hbond substituents is 4. The van der Waals surface area contributed by atoms with E-state index in [9.17, 15) is 30.0 Å². The Morgan fingerprint density at radius 2 is 1.66 bits per heavy atom. The van der Waals surface area contributed by atoms with Crippen LogP contribution in [0.15, 0.2) is 38.3 Å². The first-order valence-electron chi connectivity index (χ1n) is 10.8. The molecule has 2 aromatic heterocycles. The van der Waals surface area contributed by atoms with E-state index in [0.717, 1.165) is 6.07 Å². The molecule has 0 unspecified atom stereocenters. The van der Waals surface area contributed by atoms with Crippen molar-refractivity contribution in [3.05, 3.63) is 61.7 Å². The quantitative estimate of drug-likeness (QED) is 0.182. The molecule has 0 spiro atoms. The van der Waals surface area contributed by atoms with Crippen molar-refractivity contribution in [1.29, 1.82) is 0 Å². The van der Waals surface area contributed by atoms with Gasteiger partial charge in [0.05, 0.1) is 17.9 Å². The molecule has 0 amide bonds. The lowest BCUT2D eigenvalue weighted by Gasteiger charge is -2.24. The van der Waals surface area contributed by atoms with Crippen LogP contribution >= 0.6 is 0 Å². The lowest BCUT2D eigenvalue weighted by molar-refractivity contribution is 0.373. The molecule has 0 aliphatic heterocycles. The fourth-order valence-electron chi connectivity index (χ4n) is 5.14. The SMILES string of the molecule is COc1cc2oc3c(O)c4c(c(O)c3c(=O)c2cc1O)-c1c(cc2cc(C)[nH]c(=O)c2c1O)CC4. The third kappa shape index (κ3) is 2.69. The second-order valence-electron chi connectivity index (χ2n) is 8.71. The zero-order valence-corrected chi connectivity index (χ0v) is 18.6. The minimum absolute atomic E-state index is 0.0314. The van der Waals surface area contributed by atoms with Gasteiger partial charge in [-0.1, -0.05) is 0 Å². The van der Waals surface area contributed by atoms with Gasteiger partial charge >= 0.3 is 0 Å². The summed E-state index contributed by atoms with van der Waals surface area (Å²) in [5, 5.41) is 44.0. The predicted molar refractivity (Wildman–Crippen MR) is 129 cm³/mol. The van der Waals surface area contributed by atoms with Gasteiger partial charge in [0, 0.05) is 28.5 Å². The number of hydrogen-bond donors (Lipinski definition) is 5. The first kappa shape index (κ1) is 20.9. The summed E-state index contributed by atoms with van der Waals surface area (Å²) in [5.41, 5.74) is 0.488. The standard InChI is InChI=1S/C26H19NO8/c1-9-5-11-6-10-3-4-12-19(17(10)23(31)18(11)26(33)27-9)24(32)20-21(29)13-7-14(28)16(34-2)8-15(13)35-25(20)22(12)30/h5-8,28,30-32H,3-4H2,1-2H3,(H,27,33). The van der Waals surface area contributed by atoms with E-state index < -0.39 is 16.7 Å². The van der Waals surface area contributed by atoms with E-state index in [4.69, 9.17) is 9.15 Å². The van der Waals surface area contributed by atoms with Crippen molar-refractivity contribution in [2.75, 3.05) is 7.11 Å². The van der Waals surface area contributed by atoms with Crippen LogP contribution in [0, 0.1) is 6.92 Å². The molecule has 0 radical (unpaired) electrons. The number of aromatic nitrogens is 1. The zero-order chi connectivity index (χ0) is 24.8. The first-order valence-corrected chi connectivity index (χ1v) is 10.8. The van der Waals surface area contributed by atoms with E-state index in [1.807, 2.05) is 0 Å². The summed E-state index contributed by atoms with van der Waals surface area (Å²) >= 11 is 0. The number of pyridine rings is 1. The van der Waals surface area contributed by atoms with Gasteiger partial charge < -0.3 is 34.6 Å². The van der Waals surface area contributed by atoms with Gasteiger partial charge in [-0.05, 0) is 48.9 Å². The number of hydrogen-bond acceptors (Lipinski definition) is 8. The van der Waals surface area contributed by atoms with Crippen LogP contribution in [0.2, 0.25) is 0 Å². The molecule has 0 saturated carbocycles. The molecule has 1 aliphatic carbocycles. The van der Waals surface area contributed by atoms with Gasteiger partial charge in [0.25, 0.3) is 5.56 Å². The summed E-state index contributed by atoms with van der Waals surface area (Å²) in [6, 6.07) is 5.99. The largest absolute Gasteiger partial charge is 0.506 e. The first-order chi connectivity index (χ1) is 16.7. The molecule has 6 rings (SSSR count). The lowest BCUT2D eigenvalue weighted by atomic mass is 9.81. The van der Waals surface area contributed by atoms with Crippen LogP contribution in [0.1, 0.15) is 16.8 Å². The maximum absolute atomic E-state index is 13.4. The minimum Gasteiger partial charge on any atom is -0.506 e. The van der Waals surface area contributed by atoms with Gasteiger partial charge in [0.15, 0.2) is 22.8 Å². The topological polar surface area (TPSA) is 153 Å². The number of benzene rings is 3. The average Bonchev–Trinajstić information content (AvgIpc) is 2.81. The number of phenols is 4. The highest BCUT2D eigenvalue weighted by Crippen LogP contribution is 2.52. The van der Waals surface area contributed by atoms with Crippen LogP contribution in [-0.2, 0) is 12.8 Å². The molecule has 0 saturated heterocycles. The van der Waals surface area contributed by atoms with E-state index in [-0.39, 0.29) is 67.0 Å². The van der Waals surface area contributed by atoms with E-state index in [2.05, 4.69) is 4.98 Å². The third-order valence-corrected chi connectivity index (χ3v) is 6.69. The molecular formula is C26H19NO8. The maximum atomic E-state index is 13.4. The van der Waals surface area contributed by atoms with Crippen LogP contribution < -0.4 is 15.7 Å². The lowest BCUT2D eigenvalue weighted by Crippen LogP contribution is -2.12. The molecule has 176 valence electrons. The molecule has 9 heteroatoms. The fourth-order valence-corrected chi connectivity index (χ4v) is 5.14. The van der Waals surface area contributed by atoms with E-state index in [1.165, 1.54) is 13.2 Å². The number of aromatic hydroxyl groups is 4. The molecule has 9 nitrogen and oxygen atoms in total. The maximum Gasteiger partial charge on any atom is 0.259 e. The zero-order valence-electron chi connectivity index (χ0n) is 18.6. The number of nitrogens with one attached hydrogen (secondary N) is 1. The van der Waals surface area contributed by atoms with E-state index >= 15 is 0 Å². The van der Waals surface area contributed by atoms with Crippen LogP contribution in [0.25, 0.3) is 43.8 Å². The third-order valence-electron chi connectivity index (χ3n) is 6.69. The number of aryl methyl sites for hydroxylation is 2. The Kier molecular flexibility index (Phi) is 4.14. The smallest absolute Gasteiger partial charge is 0.259 e. The van der Waals surface area contributed by atoms with Crippen molar-refractivity contribution < 1.29 is 29.6 Å². The second-order valence-corrected chi connectivity index (χ2v) is 8.71. The molecular weight excluding hydrogens is 454 g/mol. The monoisotopic (exact) mass is 473 g/mol. The highest BCUT2D eigenvalue weighted by atomic mass is 16.5. The summed E-state index contributed by atoms with van der Waals surface area (Å²) in [4.78, 5) is 28.7. The highest BCUT2D eigenvalue weighted by molar-refractivity contribution is 6.06. The number of methoxy groups -OCH3 is 1. The van der Waals surface area contributed by atoms with E-state index in [1.54, 1.807) is 19.1 Å². The molecule has 35 heavy (non-hydrogen) atoms. The fraction of sp³-hybridized carbons (Fsp3) is 0.154. The Hall–Kier alpha value is -4.66. The van der Waals surface area contributed by atoms with Crippen LogP contribution in [0.4, 0.5) is 0 Å². The molecule has 0 atom stereocenters. The normalized spacial score (nSPS) is 12.7. The molecule has 0 bridgehead atoms. The average molecular weight is 473 g/mol. The van der Waals surface area contributed by atoms with Crippen molar-refractivity contribution in [3.8, 4) is 39.9 Å². The summed E-state index contributed by atoms with van der Waals surface area (Å²) in [6.07, 6.45) is 0.709. The number of aromatic amines is 1. The van der Waals surface area contributed by atoms with Gasteiger partial charge in [-0.2, -0.15) is 0 Å². The summed E-state index contributed by atoms with van der Waals surface area (Å²) in [5.74, 6) is -1.40.